The van der Waals surface area contributed by atoms with E-state index in [1.54, 1.807) is 30.3 Å². The molecule has 180 valence electrons. The highest BCUT2D eigenvalue weighted by Gasteiger charge is 2.29. The number of benzene rings is 2. The number of rotatable bonds is 4. The molecule has 34 heavy (non-hydrogen) atoms. The van der Waals surface area contributed by atoms with E-state index in [9.17, 15) is 19.5 Å². The first kappa shape index (κ1) is 25.2. The molecule has 3 aromatic rings. The van der Waals surface area contributed by atoms with Crippen LogP contribution in [0.4, 0.5) is 5.69 Å². The van der Waals surface area contributed by atoms with Crippen molar-refractivity contribution in [2.75, 3.05) is 5.32 Å². The number of amides is 1. The number of aliphatic hydroxyl groups excluding tert-OH is 1. The van der Waals surface area contributed by atoms with Crippen molar-refractivity contribution in [1.82, 2.24) is 4.98 Å². The topological polar surface area (TPSA) is 108 Å². The number of aliphatic hydroxyl groups is 1. The van der Waals surface area contributed by atoms with E-state index in [4.69, 9.17) is 4.74 Å². The fraction of sp³-hybridized carbons (Fsp3) is 0.370. The lowest BCUT2D eigenvalue weighted by Gasteiger charge is -2.29. The zero-order chi connectivity index (χ0) is 25.4. The third kappa shape index (κ3) is 5.20. The van der Waals surface area contributed by atoms with Crippen molar-refractivity contribution in [3.63, 3.8) is 0 Å². The maximum Gasteiger partial charge on any atom is 0.340 e. The van der Waals surface area contributed by atoms with E-state index in [1.807, 2.05) is 47.6 Å². The van der Waals surface area contributed by atoms with Crippen LogP contribution >= 0.6 is 0 Å². The van der Waals surface area contributed by atoms with Crippen molar-refractivity contribution in [3.05, 3.63) is 69.5 Å². The van der Waals surface area contributed by atoms with E-state index in [0.29, 0.717) is 16.6 Å². The predicted octanol–water partition coefficient (Wildman–Crippen LogP) is 4.66. The van der Waals surface area contributed by atoms with Crippen LogP contribution in [0.1, 0.15) is 70.0 Å². The number of anilines is 1. The number of carbonyl (C=O) groups is 2. The summed E-state index contributed by atoms with van der Waals surface area (Å²) in [4.78, 5) is 41.3. The minimum Gasteiger partial charge on any atom is -0.424 e. The first-order valence-corrected chi connectivity index (χ1v) is 11.2. The third-order valence-electron chi connectivity index (χ3n) is 5.57. The number of nitrogens with one attached hydrogen (secondary N) is 2. The van der Waals surface area contributed by atoms with E-state index in [1.165, 1.54) is 13.1 Å². The van der Waals surface area contributed by atoms with Crippen molar-refractivity contribution >= 4 is 28.5 Å². The van der Waals surface area contributed by atoms with Crippen LogP contribution in [-0.2, 0) is 15.6 Å². The van der Waals surface area contributed by atoms with Crippen LogP contribution in [0.2, 0.25) is 0 Å². The van der Waals surface area contributed by atoms with Gasteiger partial charge in [-0.1, -0.05) is 53.7 Å². The molecule has 7 heteroatoms. The third-order valence-corrected chi connectivity index (χ3v) is 5.57. The molecule has 2 aromatic carbocycles. The summed E-state index contributed by atoms with van der Waals surface area (Å²) in [5.41, 5.74) is 1.48. The summed E-state index contributed by atoms with van der Waals surface area (Å²) >= 11 is 0. The van der Waals surface area contributed by atoms with Crippen LogP contribution < -0.4 is 15.5 Å². The molecule has 1 aromatic heterocycles. The van der Waals surface area contributed by atoms with Gasteiger partial charge in [-0.2, -0.15) is 0 Å². The number of hydrogen-bond acceptors (Lipinski definition) is 5. The maximum absolute atomic E-state index is 13.2. The predicted molar refractivity (Wildman–Crippen MR) is 134 cm³/mol. The molecule has 0 aliphatic rings. The molecule has 3 N–H and O–H groups in total. The Morgan fingerprint density at radius 3 is 2.21 bits per heavy atom. The van der Waals surface area contributed by atoms with Gasteiger partial charge in [-0.05, 0) is 41.5 Å². The largest absolute Gasteiger partial charge is 0.424 e. The van der Waals surface area contributed by atoms with Crippen LogP contribution in [0.25, 0.3) is 10.9 Å². The number of hydrogen-bond donors (Lipinski definition) is 3. The Labute approximate surface area is 199 Å². The number of carbonyl (C=O) groups excluding carboxylic acids is 2. The van der Waals surface area contributed by atoms with Crippen LogP contribution in [0.5, 0.6) is 5.75 Å². The molecule has 0 aliphatic carbocycles. The van der Waals surface area contributed by atoms with Gasteiger partial charge in [0.1, 0.15) is 17.4 Å². The monoisotopic (exact) mass is 464 g/mol. The number of fused-ring (bicyclic) bond motifs is 1. The highest BCUT2D eigenvalue weighted by atomic mass is 16.5. The maximum atomic E-state index is 13.2. The highest BCUT2D eigenvalue weighted by Crippen LogP contribution is 2.40. The summed E-state index contributed by atoms with van der Waals surface area (Å²) in [5, 5.41) is 12.9. The molecular weight excluding hydrogens is 432 g/mol. The van der Waals surface area contributed by atoms with Gasteiger partial charge >= 0.3 is 5.97 Å². The highest BCUT2D eigenvalue weighted by molar-refractivity contribution is 6.06. The molecule has 0 saturated carbocycles. The van der Waals surface area contributed by atoms with E-state index in [0.717, 1.165) is 11.1 Å². The van der Waals surface area contributed by atoms with E-state index in [2.05, 4.69) is 10.3 Å². The van der Waals surface area contributed by atoms with Crippen molar-refractivity contribution in [2.24, 2.45) is 0 Å². The molecule has 0 spiro atoms. The van der Waals surface area contributed by atoms with Crippen molar-refractivity contribution in [3.8, 4) is 5.75 Å². The van der Waals surface area contributed by atoms with Gasteiger partial charge in [0.15, 0.2) is 0 Å². The zero-order valence-electron chi connectivity index (χ0n) is 20.7. The smallest absolute Gasteiger partial charge is 0.340 e. The zero-order valence-corrected chi connectivity index (χ0v) is 20.7. The van der Waals surface area contributed by atoms with Gasteiger partial charge in [0, 0.05) is 34.4 Å². The number of H-pyrrole nitrogens is 1. The summed E-state index contributed by atoms with van der Waals surface area (Å²) in [6, 6.07) is 10.5. The Morgan fingerprint density at radius 2 is 1.62 bits per heavy atom. The fourth-order valence-electron chi connectivity index (χ4n) is 3.69. The number of esters is 1. The molecule has 0 aliphatic heterocycles. The van der Waals surface area contributed by atoms with E-state index >= 15 is 0 Å². The number of para-hydroxylation sites is 1. The Bertz CT molecular complexity index is 1310. The minimum absolute atomic E-state index is 0.0269. The average molecular weight is 465 g/mol. The molecule has 0 fully saturated rings. The molecule has 1 atom stereocenters. The summed E-state index contributed by atoms with van der Waals surface area (Å²) < 4.78 is 5.50. The minimum atomic E-state index is -1.30. The lowest BCUT2D eigenvalue weighted by atomic mass is 9.79. The first-order valence-electron chi connectivity index (χ1n) is 11.2. The van der Waals surface area contributed by atoms with Crippen molar-refractivity contribution in [2.45, 2.75) is 65.4 Å². The van der Waals surface area contributed by atoms with Gasteiger partial charge in [0.25, 0.3) is 5.91 Å². The molecular formula is C27H32N2O5. The van der Waals surface area contributed by atoms with Gasteiger partial charge in [-0.25, -0.2) is 4.79 Å². The number of aromatic amines is 1. The normalized spacial score (nSPS) is 12.9. The van der Waals surface area contributed by atoms with Gasteiger partial charge in [-0.3, -0.25) is 9.59 Å². The molecule has 0 radical (unpaired) electrons. The Hall–Kier alpha value is -3.45. The number of aromatic nitrogens is 1. The second-order valence-corrected chi connectivity index (χ2v) is 10.5. The van der Waals surface area contributed by atoms with Crippen LogP contribution in [0.15, 0.2) is 47.4 Å². The fourth-order valence-corrected chi connectivity index (χ4v) is 3.69. The van der Waals surface area contributed by atoms with E-state index < -0.39 is 18.0 Å². The number of ether oxygens (including phenoxy) is 1. The molecule has 0 bridgehead atoms. The molecule has 1 amide bonds. The Balaban J connectivity index is 2.14. The van der Waals surface area contributed by atoms with Gasteiger partial charge in [0.2, 0.25) is 5.43 Å². The summed E-state index contributed by atoms with van der Waals surface area (Å²) in [7, 11) is 0. The van der Waals surface area contributed by atoms with Crippen LogP contribution in [-0.4, -0.2) is 28.1 Å². The second kappa shape index (κ2) is 9.06. The SMILES string of the molecule is CC(O)C(=O)Oc1cc(NC(=O)c2c[nH]c3ccccc3c2=O)c(C(C)(C)C)cc1C(C)(C)C. The number of pyridine rings is 1. The Morgan fingerprint density at radius 1 is 1.00 bits per heavy atom. The molecule has 1 heterocycles. The lowest BCUT2D eigenvalue weighted by molar-refractivity contribution is -0.142. The Kier molecular flexibility index (Phi) is 6.71. The molecule has 7 nitrogen and oxygen atoms in total. The quantitative estimate of drug-likeness (QED) is 0.384. The summed E-state index contributed by atoms with van der Waals surface area (Å²) in [6.07, 6.45) is 0.0959. The first-order chi connectivity index (χ1) is 15.7. The van der Waals surface area contributed by atoms with Crippen LogP contribution in [0, 0.1) is 0 Å². The molecule has 3 rings (SSSR count). The van der Waals surface area contributed by atoms with E-state index in [-0.39, 0.29) is 27.6 Å². The van der Waals surface area contributed by atoms with Gasteiger partial charge in [0.05, 0.1) is 0 Å². The van der Waals surface area contributed by atoms with Crippen molar-refractivity contribution in [1.29, 1.82) is 0 Å². The molecule has 0 saturated heterocycles. The average Bonchev–Trinajstić information content (AvgIpc) is 2.72. The van der Waals surface area contributed by atoms with Crippen molar-refractivity contribution < 1.29 is 19.4 Å². The van der Waals surface area contributed by atoms with Crippen LogP contribution in [0.3, 0.4) is 0 Å². The summed E-state index contributed by atoms with van der Waals surface area (Å²) in [5.74, 6) is -1.12. The lowest BCUT2D eigenvalue weighted by Crippen LogP contribution is -2.27. The molecule has 1 unspecified atom stereocenters. The second-order valence-electron chi connectivity index (χ2n) is 10.5. The standard InChI is InChI=1S/C27H32N2O5/c1-15(30)25(33)34-22-13-21(18(26(2,3)4)12-19(22)27(5,6)7)29-24(32)17-14-28-20-11-9-8-10-16(20)23(17)31/h8-15,30H,1-7H3,(H,28,31)(H,29,32). The summed E-state index contributed by atoms with van der Waals surface area (Å²) in [6.45, 7) is 13.3. The van der Waals surface area contributed by atoms with Gasteiger partial charge < -0.3 is 20.1 Å². The van der Waals surface area contributed by atoms with Gasteiger partial charge in [-0.15, -0.1) is 0 Å².